The van der Waals surface area contributed by atoms with E-state index in [0.717, 1.165) is 32.1 Å². The molecule has 0 aromatic carbocycles. The normalized spacial score (nSPS) is 18.0. The highest BCUT2D eigenvalue weighted by atomic mass is 35.5. The summed E-state index contributed by atoms with van der Waals surface area (Å²) >= 11 is 25.2. The summed E-state index contributed by atoms with van der Waals surface area (Å²) in [5.41, 5.74) is 0. The molecule has 4 unspecified atom stereocenters. The number of unbranched alkanes of at least 4 members (excludes halogenated alkanes) is 2. The highest BCUT2D eigenvalue weighted by Crippen LogP contribution is 2.25. The van der Waals surface area contributed by atoms with E-state index in [9.17, 15) is 0 Å². The van der Waals surface area contributed by atoms with Gasteiger partial charge in [-0.3, -0.25) is 0 Å². The van der Waals surface area contributed by atoms with E-state index in [1.54, 1.807) is 0 Å². The van der Waals surface area contributed by atoms with Crippen molar-refractivity contribution in [3.05, 3.63) is 0 Å². The SMILES string of the molecule is CCCCC(Cl)CC(Cl)CC(Cl)CC(Cl)CCCC. The Morgan fingerprint density at radius 1 is 0.579 bits per heavy atom. The highest BCUT2D eigenvalue weighted by molar-refractivity contribution is 6.25. The van der Waals surface area contributed by atoms with Crippen LogP contribution in [0.25, 0.3) is 0 Å². The van der Waals surface area contributed by atoms with Gasteiger partial charge >= 0.3 is 0 Å². The molecule has 0 nitrogen and oxygen atoms in total. The Labute approximate surface area is 139 Å². The zero-order chi connectivity index (χ0) is 14.7. The van der Waals surface area contributed by atoms with Crippen LogP contribution in [0.3, 0.4) is 0 Å². The molecule has 4 atom stereocenters. The standard InChI is InChI=1S/C15H28Cl4/c1-3-5-7-12(16)9-14(18)11-15(19)10-13(17)8-6-4-2/h12-15H,3-11H2,1-2H3. The maximum Gasteiger partial charge on any atom is 0.0364 e. The van der Waals surface area contributed by atoms with Gasteiger partial charge in [-0.2, -0.15) is 0 Å². The average Bonchev–Trinajstić information content (AvgIpc) is 2.33. The van der Waals surface area contributed by atoms with Crippen LogP contribution >= 0.6 is 46.4 Å². The molecule has 0 saturated heterocycles. The first-order valence-electron chi connectivity index (χ1n) is 7.55. The fourth-order valence-electron chi connectivity index (χ4n) is 2.11. The van der Waals surface area contributed by atoms with Crippen LogP contribution in [0.5, 0.6) is 0 Å². The number of hydrogen-bond donors (Lipinski definition) is 0. The average molecular weight is 350 g/mol. The number of hydrogen-bond acceptors (Lipinski definition) is 0. The Balaban J connectivity index is 3.75. The van der Waals surface area contributed by atoms with Gasteiger partial charge in [-0.25, -0.2) is 0 Å². The van der Waals surface area contributed by atoms with Crippen molar-refractivity contribution >= 4 is 46.4 Å². The zero-order valence-corrected chi connectivity index (χ0v) is 15.2. The topological polar surface area (TPSA) is 0 Å². The van der Waals surface area contributed by atoms with Crippen LogP contribution in [0.4, 0.5) is 0 Å². The summed E-state index contributed by atoms with van der Waals surface area (Å²) in [7, 11) is 0. The van der Waals surface area contributed by atoms with E-state index >= 15 is 0 Å². The van der Waals surface area contributed by atoms with Gasteiger partial charge in [0.1, 0.15) is 0 Å². The second-order valence-electron chi connectivity index (χ2n) is 5.38. The molecule has 0 heterocycles. The number of alkyl halides is 4. The monoisotopic (exact) mass is 348 g/mol. The third-order valence-corrected chi connectivity index (χ3v) is 4.78. The summed E-state index contributed by atoms with van der Waals surface area (Å²) in [4.78, 5) is 0. The lowest BCUT2D eigenvalue weighted by molar-refractivity contribution is 0.559. The molecule has 116 valence electrons. The predicted molar refractivity (Wildman–Crippen MR) is 91.5 cm³/mol. The first-order chi connectivity index (χ1) is 8.99. The van der Waals surface area contributed by atoms with Gasteiger partial charge in [0.2, 0.25) is 0 Å². The Hall–Kier alpha value is 1.16. The summed E-state index contributed by atoms with van der Waals surface area (Å²) in [6.45, 7) is 4.35. The summed E-state index contributed by atoms with van der Waals surface area (Å²) in [5.74, 6) is 0. The van der Waals surface area contributed by atoms with E-state index in [1.807, 2.05) is 0 Å². The minimum Gasteiger partial charge on any atom is -0.123 e. The van der Waals surface area contributed by atoms with Gasteiger partial charge < -0.3 is 0 Å². The molecule has 0 aliphatic rings. The second-order valence-corrected chi connectivity index (χ2v) is 7.85. The molecule has 0 aliphatic carbocycles. The minimum atomic E-state index is 0.0666. The maximum atomic E-state index is 6.33. The fraction of sp³-hybridized carbons (Fsp3) is 1.00. The van der Waals surface area contributed by atoms with Crippen LogP contribution in [0, 0.1) is 0 Å². The fourth-order valence-corrected chi connectivity index (χ4v) is 3.98. The largest absolute Gasteiger partial charge is 0.123 e. The molecule has 0 amide bonds. The lowest BCUT2D eigenvalue weighted by Gasteiger charge is -2.18. The lowest BCUT2D eigenvalue weighted by atomic mass is 10.0. The molecule has 0 radical (unpaired) electrons. The van der Waals surface area contributed by atoms with Crippen molar-refractivity contribution in [3.63, 3.8) is 0 Å². The first kappa shape index (κ1) is 20.2. The quantitative estimate of drug-likeness (QED) is 0.334. The molecule has 0 aromatic heterocycles. The van der Waals surface area contributed by atoms with Crippen molar-refractivity contribution in [3.8, 4) is 0 Å². The molecule has 0 bridgehead atoms. The van der Waals surface area contributed by atoms with Gasteiger partial charge in [0.15, 0.2) is 0 Å². The van der Waals surface area contributed by atoms with Crippen LogP contribution in [0.15, 0.2) is 0 Å². The smallest absolute Gasteiger partial charge is 0.0364 e. The summed E-state index contributed by atoms with van der Waals surface area (Å²) in [6.07, 6.45) is 9.27. The van der Waals surface area contributed by atoms with Crippen molar-refractivity contribution in [2.24, 2.45) is 0 Å². The van der Waals surface area contributed by atoms with Crippen molar-refractivity contribution in [2.75, 3.05) is 0 Å². The molecule has 0 saturated carbocycles. The molecule has 4 heteroatoms. The summed E-state index contributed by atoms with van der Waals surface area (Å²) < 4.78 is 0. The minimum absolute atomic E-state index is 0.0666. The molecule has 0 aromatic rings. The molecule has 0 spiro atoms. The van der Waals surface area contributed by atoms with Gasteiger partial charge in [-0.1, -0.05) is 39.5 Å². The van der Waals surface area contributed by atoms with Gasteiger partial charge in [0.05, 0.1) is 0 Å². The number of rotatable bonds is 12. The maximum absolute atomic E-state index is 6.33. The van der Waals surface area contributed by atoms with Crippen LogP contribution in [0.2, 0.25) is 0 Å². The van der Waals surface area contributed by atoms with Gasteiger partial charge in [-0.15, -0.1) is 46.4 Å². The summed E-state index contributed by atoms with van der Waals surface area (Å²) in [5, 5.41) is 0.491. The van der Waals surface area contributed by atoms with Gasteiger partial charge in [0, 0.05) is 21.5 Å². The molecular formula is C15H28Cl4. The number of halogens is 4. The Kier molecular flexibility index (Phi) is 13.7. The Bertz CT molecular complexity index is 179. The predicted octanol–water partition coefficient (Wildman–Crippen LogP) is 6.97. The van der Waals surface area contributed by atoms with E-state index in [1.165, 1.54) is 25.7 Å². The van der Waals surface area contributed by atoms with Crippen LogP contribution in [-0.2, 0) is 0 Å². The zero-order valence-electron chi connectivity index (χ0n) is 12.2. The van der Waals surface area contributed by atoms with Crippen molar-refractivity contribution in [1.29, 1.82) is 0 Å². The highest BCUT2D eigenvalue weighted by Gasteiger charge is 2.18. The molecular weight excluding hydrogens is 322 g/mol. The summed E-state index contributed by atoms with van der Waals surface area (Å²) in [6, 6.07) is 0. The van der Waals surface area contributed by atoms with Crippen molar-refractivity contribution in [1.82, 2.24) is 0 Å². The third-order valence-electron chi connectivity index (χ3n) is 3.28. The van der Waals surface area contributed by atoms with E-state index in [0.29, 0.717) is 0 Å². The van der Waals surface area contributed by atoms with Crippen molar-refractivity contribution < 1.29 is 0 Å². The molecule has 0 fully saturated rings. The van der Waals surface area contributed by atoms with Gasteiger partial charge in [0.25, 0.3) is 0 Å². The Morgan fingerprint density at radius 3 is 1.21 bits per heavy atom. The molecule has 0 aliphatic heterocycles. The lowest BCUT2D eigenvalue weighted by Crippen LogP contribution is -2.16. The Morgan fingerprint density at radius 2 is 0.895 bits per heavy atom. The van der Waals surface area contributed by atoms with Gasteiger partial charge in [-0.05, 0) is 32.1 Å². The van der Waals surface area contributed by atoms with E-state index in [2.05, 4.69) is 13.8 Å². The molecule has 0 N–H and O–H groups in total. The first-order valence-corrected chi connectivity index (χ1v) is 9.30. The van der Waals surface area contributed by atoms with Crippen LogP contribution in [0.1, 0.15) is 71.6 Å². The second kappa shape index (κ2) is 12.9. The van der Waals surface area contributed by atoms with E-state index < -0.39 is 0 Å². The molecule has 0 rings (SSSR count). The van der Waals surface area contributed by atoms with E-state index in [4.69, 9.17) is 46.4 Å². The van der Waals surface area contributed by atoms with Crippen LogP contribution < -0.4 is 0 Å². The molecule has 19 heavy (non-hydrogen) atoms. The van der Waals surface area contributed by atoms with Crippen LogP contribution in [-0.4, -0.2) is 21.5 Å². The van der Waals surface area contributed by atoms with E-state index in [-0.39, 0.29) is 21.5 Å². The third kappa shape index (κ3) is 12.6. The van der Waals surface area contributed by atoms with Crippen molar-refractivity contribution in [2.45, 2.75) is 93.1 Å².